The number of likely N-dealkylation sites (N-methyl/N-ethyl adjacent to an activating group) is 1. The maximum Gasteiger partial charge on any atom is 0.317 e. The Hall–Kier alpha value is -1.11. The number of hydrogen-bond donors (Lipinski definition) is 1. The van der Waals surface area contributed by atoms with E-state index in [0.29, 0.717) is 10.6 Å². The minimum Gasteiger partial charge on any atom is -0.480 e. The zero-order chi connectivity index (χ0) is 13.5. The van der Waals surface area contributed by atoms with Crippen LogP contribution in [0.25, 0.3) is 0 Å². The summed E-state index contributed by atoms with van der Waals surface area (Å²) < 4.78 is 23.9. The van der Waals surface area contributed by atoms with Gasteiger partial charge >= 0.3 is 5.97 Å². The van der Waals surface area contributed by atoms with Gasteiger partial charge in [0.2, 0.25) is 0 Å². The molecule has 1 aliphatic rings. The van der Waals surface area contributed by atoms with Crippen LogP contribution in [0, 0.1) is 0 Å². The Morgan fingerprint density at radius 2 is 2.22 bits per heavy atom. The van der Waals surface area contributed by atoms with Crippen LogP contribution in [0.2, 0.25) is 5.02 Å². The molecule has 0 aliphatic carbocycles. The molecule has 5 nitrogen and oxygen atoms in total. The highest BCUT2D eigenvalue weighted by Gasteiger charge is 2.37. The number of carbonyl (C=O) groups is 1. The lowest BCUT2D eigenvalue weighted by molar-refractivity contribution is -0.138. The van der Waals surface area contributed by atoms with E-state index in [2.05, 4.69) is 0 Å². The van der Waals surface area contributed by atoms with Crippen LogP contribution in [0.1, 0.15) is 11.6 Å². The van der Waals surface area contributed by atoms with Crippen molar-refractivity contribution in [3.8, 4) is 0 Å². The molecule has 1 aliphatic heterocycles. The van der Waals surface area contributed by atoms with Crippen molar-refractivity contribution in [3.05, 3.63) is 28.8 Å². The number of halogens is 1. The average Bonchev–Trinajstić information content (AvgIpc) is 2.49. The molecule has 7 heteroatoms. The Balaban J connectivity index is 2.44. The monoisotopic (exact) mass is 289 g/mol. The van der Waals surface area contributed by atoms with Gasteiger partial charge in [0.25, 0.3) is 0 Å². The maximum atomic E-state index is 11.9. The van der Waals surface area contributed by atoms with Gasteiger partial charge in [0.15, 0.2) is 9.84 Å². The van der Waals surface area contributed by atoms with Crippen LogP contribution in [0.4, 0.5) is 0 Å². The second-order valence-electron chi connectivity index (χ2n) is 4.29. The standard InChI is InChI=1S/C11H12ClNO4S/c1-13(5-11(14)15)9-6-18(16,17)10-3-2-7(12)4-8(9)10/h2-4,9H,5-6H2,1H3,(H,14,15). The molecule has 1 atom stereocenters. The van der Waals surface area contributed by atoms with E-state index in [1.165, 1.54) is 17.0 Å². The summed E-state index contributed by atoms with van der Waals surface area (Å²) in [5, 5.41) is 9.20. The molecule has 1 unspecified atom stereocenters. The predicted octanol–water partition coefficient (Wildman–Crippen LogP) is 1.18. The number of aliphatic carboxylic acids is 1. The molecule has 2 rings (SSSR count). The summed E-state index contributed by atoms with van der Waals surface area (Å²) in [6.07, 6.45) is 0. The van der Waals surface area contributed by atoms with Crippen LogP contribution in [-0.2, 0) is 14.6 Å². The number of benzene rings is 1. The number of hydrogen-bond acceptors (Lipinski definition) is 4. The highest BCUT2D eigenvalue weighted by molar-refractivity contribution is 7.91. The fourth-order valence-corrected chi connectivity index (χ4v) is 4.18. The topological polar surface area (TPSA) is 74.7 Å². The molecule has 0 fully saturated rings. The third-order valence-corrected chi connectivity index (χ3v) is 4.99. The zero-order valence-electron chi connectivity index (χ0n) is 9.63. The van der Waals surface area contributed by atoms with E-state index in [9.17, 15) is 13.2 Å². The lowest BCUT2D eigenvalue weighted by atomic mass is 10.1. The van der Waals surface area contributed by atoms with Crippen molar-refractivity contribution in [2.24, 2.45) is 0 Å². The number of sulfone groups is 1. The largest absolute Gasteiger partial charge is 0.480 e. The van der Waals surface area contributed by atoms with Crippen molar-refractivity contribution in [2.75, 3.05) is 19.3 Å². The van der Waals surface area contributed by atoms with Crippen molar-refractivity contribution in [3.63, 3.8) is 0 Å². The van der Waals surface area contributed by atoms with Crippen molar-refractivity contribution in [1.82, 2.24) is 4.90 Å². The van der Waals surface area contributed by atoms with E-state index in [1.807, 2.05) is 0 Å². The molecule has 0 bridgehead atoms. The number of carboxylic acid groups (broad SMARTS) is 1. The highest BCUT2D eigenvalue weighted by atomic mass is 35.5. The second kappa shape index (κ2) is 4.53. The summed E-state index contributed by atoms with van der Waals surface area (Å²) >= 11 is 5.86. The molecule has 18 heavy (non-hydrogen) atoms. The van der Waals surface area contributed by atoms with Crippen molar-refractivity contribution in [2.45, 2.75) is 10.9 Å². The van der Waals surface area contributed by atoms with Gasteiger partial charge in [-0.2, -0.15) is 0 Å². The Morgan fingerprint density at radius 3 is 2.83 bits per heavy atom. The lowest BCUT2D eigenvalue weighted by Crippen LogP contribution is -2.31. The minimum absolute atomic E-state index is 0.105. The normalized spacial score (nSPS) is 20.9. The van der Waals surface area contributed by atoms with Crippen LogP contribution in [-0.4, -0.2) is 43.7 Å². The quantitative estimate of drug-likeness (QED) is 0.904. The summed E-state index contributed by atoms with van der Waals surface area (Å²) in [5.41, 5.74) is 0.575. The van der Waals surface area contributed by atoms with E-state index < -0.39 is 21.8 Å². The Bertz CT molecular complexity index is 599. The van der Waals surface area contributed by atoms with Gasteiger partial charge in [-0.3, -0.25) is 9.69 Å². The van der Waals surface area contributed by atoms with Gasteiger partial charge in [0.1, 0.15) is 0 Å². The van der Waals surface area contributed by atoms with E-state index in [-0.39, 0.29) is 17.2 Å². The first-order valence-electron chi connectivity index (χ1n) is 5.25. The molecule has 1 aromatic carbocycles. The molecule has 0 radical (unpaired) electrons. The zero-order valence-corrected chi connectivity index (χ0v) is 11.2. The molecule has 0 spiro atoms. The summed E-state index contributed by atoms with van der Waals surface area (Å²) in [7, 11) is -1.76. The van der Waals surface area contributed by atoms with Crippen molar-refractivity contribution in [1.29, 1.82) is 0 Å². The smallest absolute Gasteiger partial charge is 0.317 e. The average molecular weight is 290 g/mol. The summed E-state index contributed by atoms with van der Waals surface area (Å²) in [4.78, 5) is 12.4. The van der Waals surface area contributed by atoms with Crippen LogP contribution in [0.3, 0.4) is 0 Å². The third-order valence-electron chi connectivity index (χ3n) is 2.96. The highest BCUT2D eigenvalue weighted by Crippen LogP contribution is 2.37. The first-order valence-corrected chi connectivity index (χ1v) is 7.28. The van der Waals surface area contributed by atoms with E-state index >= 15 is 0 Å². The maximum absolute atomic E-state index is 11.9. The predicted molar refractivity (Wildman–Crippen MR) is 66.5 cm³/mol. The van der Waals surface area contributed by atoms with E-state index in [0.717, 1.165) is 0 Å². The molecule has 0 saturated carbocycles. The summed E-state index contributed by atoms with van der Waals surface area (Å²) in [6.45, 7) is -0.216. The number of carboxylic acids is 1. The van der Waals surface area contributed by atoms with Gasteiger partial charge in [-0.25, -0.2) is 8.42 Å². The lowest BCUT2D eigenvalue weighted by Gasteiger charge is -2.22. The number of rotatable bonds is 3. The summed E-state index contributed by atoms with van der Waals surface area (Å²) in [5.74, 6) is -1.10. The van der Waals surface area contributed by atoms with Crippen LogP contribution >= 0.6 is 11.6 Å². The van der Waals surface area contributed by atoms with Crippen LogP contribution in [0.5, 0.6) is 0 Å². The Labute approximate surface area is 110 Å². The number of fused-ring (bicyclic) bond motifs is 1. The molecule has 98 valence electrons. The molecule has 0 amide bonds. The Kier molecular flexibility index (Phi) is 3.35. The molecule has 1 N–H and O–H groups in total. The molecular weight excluding hydrogens is 278 g/mol. The third kappa shape index (κ3) is 2.36. The van der Waals surface area contributed by atoms with Crippen LogP contribution < -0.4 is 0 Å². The molecule has 0 aromatic heterocycles. The van der Waals surface area contributed by atoms with Crippen molar-refractivity contribution >= 4 is 27.4 Å². The molecular formula is C11H12ClNO4S. The first-order chi connectivity index (χ1) is 8.31. The Morgan fingerprint density at radius 1 is 1.56 bits per heavy atom. The number of nitrogens with zero attached hydrogens (tertiary/aromatic N) is 1. The van der Waals surface area contributed by atoms with Gasteiger partial charge in [0.05, 0.1) is 23.2 Å². The van der Waals surface area contributed by atoms with Crippen molar-refractivity contribution < 1.29 is 18.3 Å². The minimum atomic E-state index is -3.35. The van der Waals surface area contributed by atoms with Gasteiger partial charge in [-0.05, 0) is 30.8 Å². The molecule has 1 heterocycles. The molecule has 1 aromatic rings. The fourth-order valence-electron chi connectivity index (χ4n) is 2.14. The van der Waals surface area contributed by atoms with Gasteiger partial charge in [0, 0.05) is 5.02 Å². The van der Waals surface area contributed by atoms with Gasteiger partial charge in [-0.1, -0.05) is 11.6 Å². The summed E-state index contributed by atoms with van der Waals surface area (Å²) in [6, 6.07) is 4.13. The van der Waals surface area contributed by atoms with Gasteiger partial charge in [-0.15, -0.1) is 0 Å². The van der Waals surface area contributed by atoms with Gasteiger partial charge < -0.3 is 5.11 Å². The fraction of sp³-hybridized carbons (Fsp3) is 0.364. The SMILES string of the molecule is CN(CC(=O)O)C1CS(=O)(=O)c2ccc(Cl)cc21. The van der Waals surface area contributed by atoms with Crippen LogP contribution in [0.15, 0.2) is 23.1 Å². The molecule has 0 saturated heterocycles. The van der Waals surface area contributed by atoms with E-state index in [4.69, 9.17) is 16.7 Å². The van der Waals surface area contributed by atoms with E-state index in [1.54, 1.807) is 13.1 Å². The first kappa shape index (κ1) is 13.3. The second-order valence-corrected chi connectivity index (χ2v) is 6.73.